The molecule has 0 aromatic heterocycles. The number of carboxylic acids is 1. The predicted molar refractivity (Wildman–Crippen MR) is 90.5 cm³/mol. The summed E-state index contributed by atoms with van der Waals surface area (Å²) in [4.78, 5) is 38.6. The van der Waals surface area contributed by atoms with Crippen molar-refractivity contribution in [2.24, 2.45) is 17.8 Å². The van der Waals surface area contributed by atoms with Crippen molar-refractivity contribution in [1.29, 1.82) is 0 Å². The lowest BCUT2D eigenvalue weighted by atomic mass is 9.73. The van der Waals surface area contributed by atoms with Gasteiger partial charge in [-0.2, -0.15) is 0 Å². The molecule has 0 radical (unpaired) electrons. The third-order valence-electron chi connectivity index (χ3n) is 5.64. The zero-order valence-electron chi connectivity index (χ0n) is 15.0. The number of fused-ring (bicyclic) bond motifs is 1. The van der Waals surface area contributed by atoms with Gasteiger partial charge in [-0.3, -0.25) is 24.6 Å². The number of carbonyl (C=O) groups excluding carboxylic acids is 2. The van der Waals surface area contributed by atoms with E-state index in [-0.39, 0.29) is 11.5 Å². The predicted octanol–water partition coefficient (Wildman–Crippen LogP) is 0.755. The number of amides is 2. The number of phenols is 1. The molecule has 2 fully saturated rings. The van der Waals surface area contributed by atoms with Gasteiger partial charge in [-0.1, -0.05) is 19.9 Å². The molecule has 1 aromatic rings. The lowest BCUT2D eigenvalue weighted by Crippen LogP contribution is -2.59. The summed E-state index contributed by atoms with van der Waals surface area (Å²) in [6.07, 6.45) is 0. The zero-order valence-corrected chi connectivity index (χ0v) is 15.0. The fraction of sp³-hybridized carbons (Fsp3) is 0.500. The summed E-state index contributed by atoms with van der Waals surface area (Å²) in [6, 6.07) is 3.92. The molecule has 2 aliphatic heterocycles. The van der Waals surface area contributed by atoms with Gasteiger partial charge in [-0.15, -0.1) is 0 Å². The summed E-state index contributed by atoms with van der Waals surface area (Å²) < 4.78 is 5.03. The first-order valence-electron chi connectivity index (χ1n) is 8.36. The highest BCUT2D eigenvalue weighted by Gasteiger charge is 2.68. The number of aromatic hydroxyl groups is 1. The quantitative estimate of drug-likeness (QED) is 0.677. The first-order valence-corrected chi connectivity index (χ1v) is 8.36. The molecule has 26 heavy (non-hydrogen) atoms. The Balaban J connectivity index is 2.16. The van der Waals surface area contributed by atoms with Gasteiger partial charge < -0.3 is 14.9 Å². The van der Waals surface area contributed by atoms with Crippen LogP contribution in [0.25, 0.3) is 0 Å². The summed E-state index contributed by atoms with van der Waals surface area (Å²) >= 11 is 0. The number of rotatable bonds is 4. The lowest BCUT2D eigenvalue weighted by molar-refractivity contribution is -0.153. The van der Waals surface area contributed by atoms with Gasteiger partial charge in [0.1, 0.15) is 5.54 Å². The maximum absolute atomic E-state index is 12.7. The first-order chi connectivity index (χ1) is 12.2. The van der Waals surface area contributed by atoms with E-state index >= 15 is 0 Å². The topological polar surface area (TPSA) is 116 Å². The summed E-state index contributed by atoms with van der Waals surface area (Å²) in [5, 5.41) is 23.1. The Morgan fingerprint density at radius 2 is 1.96 bits per heavy atom. The molecular weight excluding hydrogens is 340 g/mol. The number of aliphatic carboxylic acids is 1. The smallest absolute Gasteiger partial charge is 0.325 e. The van der Waals surface area contributed by atoms with Gasteiger partial charge in [0.05, 0.1) is 18.9 Å². The van der Waals surface area contributed by atoms with Crippen molar-refractivity contribution in [3.8, 4) is 11.5 Å². The molecule has 2 aliphatic rings. The summed E-state index contributed by atoms with van der Waals surface area (Å²) in [6.45, 7) is 3.42. The van der Waals surface area contributed by atoms with Gasteiger partial charge in [0.15, 0.2) is 11.5 Å². The van der Waals surface area contributed by atoms with E-state index in [2.05, 4.69) is 5.32 Å². The van der Waals surface area contributed by atoms with Crippen LogP contribution in [0.1, 0.15) is 25.5 Å². The van der Waals surface area contributed by atoms with Crippen LogP contribution in [0.15, 0.2) is 18.2 Å². The minimum absolute atomic E-state index is 0.120. The van der Waals surface area contributed by atoms with Crippen molar-refractivity contribution >= 4 is 17.8 Å². The molecule has 8 heteroatoms. The largest absolute Gasteiger partial charge is 0.504 e. The van der Waals surface area contributed by atoms with Crippen LogP contribution in [-0.2, 0) is 14.4 Å². The molecule has 0 spiro atoms. The molecule has 2 saturated heterocycles. The number of likely N-dealkylation sites (tertiary alicyclic amines) is 1. The number of nitrogens with one attached hydrogen (secondary N) is 1. The van der Waals surface area contributed by atoms with Crippen LogP contribution < -0.4 is 10.1 Å². The number of imide groups is 1. The van der Waals surface area contributed by atoms with E-state index in [0.717, 1.165) is 4.90 Å². The number of benzene rings is 1. The van der Waals surface area contributed by atoms with E-state index in [1.54, 1.807) is 26.0 Å². The summed E-state index contributed by atoms with van der Waals surface area (Å²) in [7, 11) is 2.79. The van der Waals surface area contributed by atoms with Crippen LogP contribution in [0.5, 0.6) is 11.5 Å². The second-order valence-corrected chi connectivity index (χ2v) is 7.12. The fourth-order valence-corrected chi connectivity index (χ4v) is 4.25. The third kappa shape index (κ3) is 2.21. The zero-order chi connectivity index (χ0) is 19.4. The van der Waals surface area contributed by atoms with E-state index in [1.165, 1.54) is 20.2 Å². The Hall–Kier alpha value is -2.61. The van der Waals surface area contributed by atoms with Gasteiger partial charge in [0.2, 0.25) is 11.8 Å². The van der Waals surface area contributed by atoms with Gasteiger partial charge in [-0.25, -0.2) is 0 Å². The third-order valence-corrected chi connectivity index (χ3v) is 5.64. The Morgan fingerprint density at radius 3 is 2.46 bits per heavy atom. The Kier molecular flexibility index (Phi) is 4.18. The number of hydrogen-bond acceptors (Lipinski definition) is 6. The SMILES string of the molecule is COc1ccc(C2NC(C(=O)O)(C(C)C)C3C(=O)N(C)C(=O)C23)cc1O. The molecule has 2 heterocycles. The van der Waals surface area contributed by atoms with Crippen LogP contribution in [0, 0.1) is 17.8 Å². The average molecular weight is 362 g/mol. The number of nitrogens with zero attached hydrogens (tertiary/aromatic N) is 1. The molecule has 0 bridgehead atoms. The van der Waals surface area contributed by atoms with Crippen molar-refractivity contribution in [3.63, 3.8) is 0 Å². The van der Waals surface area contributed by atoms with Crippen molar-refractivity contribution in [1.82, 2.24) is 10.2 Å². The maximum Gasteiger partial charge on any atom is 0.325 e. The highest BCUT2D eigenvalue weighted by molar-refractivity contribution is 6.09. The molecule has 2 amide bonds. The van der Waals surface area contributed by atoms with Crippen LogP contribution in [-0.4, -0.2) is 52.6 Å². The lowest BCUT2D eigenvalue weighted by Gasteiger charge is -2.34. The highest BCUT2D eigenvalue weighted by Crippen LogP contribution is 2.51. The molecule has 4 atom stereocenters. The van der Waals surface area contributed by atoms with Crippen molar-refractivity contribution in [2.45, 2.75) is 25.4 Å². The Labute approximate surface area is 150 Å². The Morgan fingerprint density at radius 1 is 1.31 bits per heavy atom. The van der Waals surface area contributed by atoms with Gasteiger partial charge in [-0.05, 0) is 23.6 Å². The highest BCUT2D eigenvalue weighted by atomic mass is 16.5. The average Bonchev–Trinajstić information content (AvgIpc) is 3.06. The summed E-state index contributed by atoms with van der Waals surface area (Å²) in [5.41, 5.74) is -1.04. The number of methoxy groups -OCH3 is 1. The molecule has 140 valence electrons. The number of hydrogen-bond donors (Lipinski definition) is 3. The molecule has 0 aliphatic carbocycles. The molecule has 3 N–H and O–H groups in total. The molecule has 1 aromatic carbocycles. The number of carbonyl (C=O) groups is 3. The van der Waals surface area contributed by atoms with Crippen LogP contribution >= 0.6 is 0 Å². The van der Waals surface area contributed by atoms with Gasteiger partial charge >= 0.3 is 5.97 Å². The number of carboxylic acid groups (broad SMARTS) is 1. The normalized spacial score (nSPS) is 30.8. The Bertz CT molecular complexity index is 792. The first kappa shape index (κ1) is 18.2. The monoisotopic (exact) mass is 362 g/mol. The minimum atomic E-state index is -1.57. The molecule has 4 unspecified atom stereocenters. The minimum Gasteiger partial charge on any atom is -0.504 e. The summed E-state index contributed by atoms with van der Waals surface area (Å²) in [5.74, 6) is -4.23. The molecule has 3 rings (SSSR count). The van der Waals surface area contributed by atoms with E-state index in [0.29, 0.717) is 5.56 Å². The van der Waals surface area contributed by atoms with E-state index < -0.39 is 47.1 Å². The van der Waals surface area contributed by atoms with E-state index in [1.807, 2.05) is 0 Å². The van der Waals surface area contributed by atoms with Crippen molar-refractivity contribution in [3.05, 3.63) is 23.8 Å². The number of ether oxygens (including phenoxy) is 1. The van der Waals surface area contributed by atoms with Crippen molar-refractivity contribution < 1.29 is 29.3 Å². The van der Waals surface area contributed by atoms with E-state index in [4.69, 9.17) is 4.74 Å². The molecular formula is C18H22N2O6. The second-order valence-electron chi connectivity index (χ2n) is 7.12. The van der Waals surface area contributed by atoms with Gasteiger partial charge in [0, 0.05) is 13.1 Å². The second kappa shape index (κ2) is 5.98. The van der Waals surface area contributed by atoms with Crippen LogP contribution in [0.2, 0.25) is 0 Å². The standard InChI is InChI=1S/C18H22N2O6/c1-8(2)18(17(24)25)13-12(15(22)20(3)16(13)23)14(19-18)9-5-6-11(26-4)10(21)7-9/h5-8,12-14,19,21H,1-4H3,(H,24,25). The fourth-order valence-electron chi connectivity index (χ4n) is 4.25. The molecule has 0 saturated carbocycles. The maximum atomic E-state index is 12.7. The van der Waals surface area contributed by atoms with Crippen LogP contribution in [0.3, 0.4) is 0 Å². The number of phenolic OH excluding ortho intramolecular Hbond substituents is 1. The van der Waals surface area contributed by atoms with E-state index in [9.17, 15) is 24.6 Å². The van der Waals surface area contributed by atoms with Crippen molar-refractivity contribution in [2.75, 3.05) is 14.2 Å². The van der Waals surface area contributed by atoms with Gasteiger partial charge in [0.25, 0.3) is 0 Å². The van der Waals surface area contributed by atoms with Crippen LogP contribution in [0.4, 0.5) is 0 Å². The molecule has 8 nitrogen and oxygen atoms in total.